The number of esters is 1. The first kappa shape index (κ1) is 24.2. The minimum atomic E-state index is -0.928. The second-order valence-corrected chi connectivity index (χ2v) is 8.83. The summed E-state index contributed by atoms with van der Waals surface area (Å²) in [5.74, 6) is -1.92. The number of ketones is 1. The predicted octanol–water partition coefficient (Wildman–Crippen LogP) is 4.65. The monoisotopic (exact) mass is 492 g/mol. The van der Waals surface area contributed by atoms with Crippen molar-refractivity contribution in [3.05, 3.63) is 81.9 Å². The van der Waals surface area contributed by atoms with Crippen LogP contribution in [0, 0.1) is 6.92 Å². The zero-order chi connectivity index (χ0) is 25.1. The zero-order valence-corrected chi connectivity index (χ0v) is 20.3. The maximum Gasteiger partial charge on any atom is 0.350 e. The fraction of sp³-hybridized carbons (Fsp3) is 0.231. The summed E-state index contributed by atoms with van der Waals surface area (Å²) < 4.78 is 10.4. The molecule has 1 unspecified atom stereocenters. The van der Waals surface area contributed by atoms with Gasteiger partial charge in [-0.25, -0.2) is 9.78 Å². The van der Waals surface area contributed by atoms with Gasteiger partial charge in [0.25, 0.3) is 5.78 Å². The first-order chi connectivity index (χ1) is 16.9. The molecule has 0 bridgehead atoms. The minimum absolute atomic E-state index is 0.0594. The molecule has 35 heavy (non-hydrogen) atoms. The van der Waals surface area contributed by atoms with Crippen LogP contribution in [0.25, 0.3) is 5.76 Å². The maximum atomic E-state index is 13.2. The van der Waals surface area contributed by atoms with E-state index in [-0.39, 0.29) is 21.3 Å². The lowest BCUT2D eigenvalue weighted by atomic mass is 9.95. The number of thiazole rings is 1. The number of methoxy groups -OCH3 is 1. The van der Waals surface area contributed by atoms with Crippen molar-refractivity contribution in [1.82, 2.24) is 4.98 Å². The molecule has 180 valence electrons. The molecule has 1 fully saturated rings. The number of carbonyl (C=O) groups is 3. The number of aromatic nitrogens is 1. The molecular formula is C26H24N2O6S. The van der Waals surface area contributed by atoms with Crippen molar-refractivity contribution in [1.29, 1.82) is 0 Å². The van der Waals surface area contributed by atoms with E-state index in [4.69, 9.17) is 9.47 Å². The summed E-state index contributed by atoms with van der Waals surface area (Å²) in [6, 6.07) is 14.6. The Balaban J connectivity index is 1.84. The highest BCUT2D eigenvalue weighted by Gasteiger charge is 2.48. The Labute approximate surface area is 206 Å². The molecule has 2 aromatic carbocycles. The van der Waals surface area contributed by atoms with Gasteiger partial charge in [0.2, 0.25) is 0 Å². The molecule has 0 saturated carbocycles. The number of Topliss-reactive ketones (excluding diaryl/α,β-unsaturated/α-hetero) is 1. The molecule has 0 spiro atoms. The summed E-state index contributed by atoms with van der Waals surface area (Å²) in [4.78, 5) is 44.4. The SMILES string of the molecule is CCCOc1ccc(/C(O)=C2/C(=O)C(=O)N(c3nc(C)c(C(=O)OC)s3)C2c2ccccc2)cc1. The van der Waals surface area contributed by atoms with Crippen molar-refractivity contribution < 1.29 is 29.0 Å². The van der Waals surface area contributed by atoms with Gasteiger partial charge >= 0.3 is 11.9 Å². The fourth-order valence-electron chi connectivity index (χ4n) is 3.83. The van der Waals surface area contributed by atoms with Crippen LogP contribution in [0.1, 0.15) is 45.9 Å². The van der Waals surface area contributed by atoms with E-state index in [1.165, 1.54) is 12.0 Å². The summed E-state index contributed by atoms with van der Waals surface area (Å²) in [5.41, 5.74) is 1.31. The van der Waals surface area contributed by atoms with Gasteiger partial charge in [0.1, 0.15) is 16.4 Å². The van der Waals surface area contributed by atoms with Crippen LogP contribution in [0.4, 0.5) is 5.13 Å². The van der Waals surface area contributed by atoms with Gasteiger partial charge in [-0.05, 0) is 43.2 Å². The van der Waals surface area contributed by atoms with Crippen molar-refractivity contribution in [2.45, 2.75) is 26.3 Å². The molecule has 1 saturated heterocycles. The van der Waals surface area contributed by atoms with Gasteiger partial charge in [0, 0.05) is 5.56 Å². The Morgan fingerprint density at radius 3 is 2.43 bits per heavy atom. The van der Waals surface area contributed by atoms with Crippen LogP contribution in [-0.4, -0.2) is 41.5 Å². The number of aryl methyl sites for hydroxylation is 1. The van der Waals surface area contributed by atoms with E-state index in [0.717, 1.165) is 17.8 Å². The lowest BCUT2D eigenvalue weighted by Gasteiger charge is -2.23. The topological polar surface area (TPSA) is 106 Å². The molecule has 9 heteroatoms. The van der Waals surface area contributed by atoms with Gasteiger partial charge in [-0.15, -0.1) is 0 Å². The van der Waals surface area contributed by atoms with E-state index in [1.54, 1.807) is 55.5 Å². The van der Waals surface area contributed by atoms with Crippen LogP contribution in [0.5, 0.6) is 5.75 Å². The number of aliphatic hydroxyl groups is 1. The number of hydrogen-bond acceptors (Lipinski definition) is 8. The van der Waals surface area contributed by atoms with Crippen LogP contribution >= 0.6 is 11.3 Å². The van der Waals surface area contributed by atoms with Crippen LogP contribution < -0.4 is 9.64 Å². The number of anilines is 1. The van der Waals surface area contributed by atoms with E-state index in [9.17, 15) is 19.5 Å². The third kappa shape index (κ3) is 4.54. The molecule has 8 nitrogen and oxygen atoms in total. The number of amides is 1. The van der Waals surface area contributed by atoms with Crippen LogP contribution in [0.15, 0.2) is 60.2 Å². The third-order valence-electron chi connectivity index (χ3n) is 5.52. The Morgan fingerprint density at radius 1 is 1.11 bits per heavy atom. The number of ether oxygens (including phenoxy) is 2. The first-order valence-corrected chi connectivity index (χ1v) is 11.8. The lowest BCUT2D eigenvalue weighted by Crippen LogP contribution is -2.29. The van der Waals surface area contributed by atoms with Gasteiger partial charge in [0.05, 0.1) is 31.0 Å². The summed E-state index contributed by atoms with van der Waals surface area (Å²) in [7, 11) is 1.26. The minimum Gasteiger partial charge on any atom is -0.507 e. The van der Waals surface area contributed by atoms with Gasteiger partial charge in [-0.3, -0.25) is 14.5 Å². The average molecular weight is 493 g/mol. The highest BCUT2D eigenvalue weighted by Crippen LogP contribution is 2.43. The molecule has 1 N–H and O–H groups in total. The maximum absolute atomic E-state index is 13.2. The van der Waals surface area contributed by atoms with Crippen molar-refractivity contribution in [2.75, 3.05) is 18.6 Å². The molecule has 3 aromatic rings. The summed E-state index contributed by atoms with van der Waals surface area (Å²) in [5, 5.41) is 11.4. The quantitative estimate of drug-likeness (QED) is 0.221. The largest absolute Gasteiger partial charge is 0.507 e. The molecule has 1 amide bonds. The fourth-order valence-corrected chi connectivity index (χ4v) is 4.84. The molecule has 2 heterocycles. The number of nitrogens with zero attached hydrogens (tertiary/aromatic N) is 2. The molecular weight excluding hydrogens is 468 g/mol. The molecule has 1 aliphatic heterocycles. The molecule has 1 aliphatic rings. The smallest absolute Gasteiger partial charge is 0.350 e. The zero-order valence-electron chi connectivity index (χ0n) is 19.5. The first-order valence-electron chi connectivity index (χ1n) is 11.0. The standard InChI is InChI=1S/C26H24N2O6S/c1-4-14-34-18-12-10-17(11-13-18)21(29)19-20(16-8-6-5-7-9-16)28(24(31)22(19)30)26-27-15(2)23(35-26)25(32)33-3/h5-13,20,29H,4,14H2,1-3H3/b21-19-. The molecule has 0 aliphatic carbocycles. The Kier molecular flexibility index (Phi) is 6.97. The normalized spacial score (nSPS) is 17.0. The Morgan fingerprint density at radius 2 is 1.80 bits per heavy atom. The van der Waals surface area contributed by atoms with Gasteiger partial charge in [-0.2, -0.15) is 0 Å². The number of aliphatic hydroxyl groups excluding tert-OH is 1. The van der Waals surface area contributed by atoms with Crippen molar-refractivity contribution in [3.63, 3.8) is 0 Å². The van der Waals surface area contributed by atoms with Gasteiger partial charge < -0.3 is 14.6 Å². The van der Waals surface area contributed by atoms with E-state index < -0.39 is 23.7 Å². The van der Waals surface area contributed by atoms with Gasteiger partial charge in [-0.1, -0.05) is 48.6 Å². The number of benzene rings is 2. The third-order valence-corrected chi connectivity index (χ3v) is 6.66. The van der Waals surface area contributed by atoms with Crippen molar-refractivity contribution >= 4 is 39.9 Å². The lowest BCUT2D eigenvalue weighted by molar-refractivity contribution is -0.132. The molecule has 4 rings (SSSR count). The number of carbonyl (C=O) groups excluding carboxylic acids is 3. The summed E-state index contributed by atoms with van der Waals surface area (Å²) >= 11 is 0.959. The second kappa shape index (κ2) is 10.1. The number of rotatable bonds is 7. The Bertz CT molecular complexity index is 1300. The van der Waals surface area contributed by atoms with E-state index >= 15 is 0 Å². The molecule has 1 aromatic heterocycles. The van der Waals surface area contributed by atoms with E-state index in [0.29, 0.717) is 29.2 Å². The highest BCUT2D eigenvalue weighted by atomic mass is 32.1. The predicted molar refractivity (Wildman–Crippen MR) is 132 cm³/mol. The summed E-state index contributed by atoms with van der Waals surface area (Å²) in [6.45, 7) is 4.19. The van der Waals surface area contributed by atoms with Crippen molar-refractivity contribution in [2.24, 2.45) is 0 Å². The Hall–Kier alpha value is -3.98. The van der Waals surface area contributed by atoms with Crippen LogP contribution in [-0.2, 0) is 14.3 Å². The van der Waals surface area contributed by atoms with Crippen LogP contribution in [0.2, 0.25) is 0 Å². The average Bonchev–Trinajstić information content (AvgIpc) is 3.39. The second-order valence-electron chi connectivity index (χ2n) is 7.86. The van der Waals surface area contributed by atoms with Crippen LogP contribution in [0.3, 0.4) is 0 Å². The number of hydrogen-bond donors (Lipinski definition) is 1. The van der Waals surface area contributed by atoms with Gasteiger partial charge in [0.15, 0.2) is 5.13 Å². The molecule has 1 atom stereocenters. The van der Waals surface area contributed by atoms with Crippen molar-refractivity contribution in [3.8, 4) is 5.75 Å². The molecule has 0 radical (unpaired) electrons. The van der Waals surface area contributed by atoms with E-state index in [2.05, 4.69) is 4.98 Å². The summed E-state index contributed by atoms with van der Waals surface area (Å²) in [6.07, 6.45) is 0.857. The van der Waals surface area contributed by atoms with E-state index in [1.807, 2.05) is 13.0 Å². The highest BCUT2D eigenvalue weighted by molar-refractivity contribution is 7.17.